The first kappa shape index (κ1) is 9.13. The van der Waals surface area contributed by atoms with E-state index in [1.165, 1.54) is 6.08 Å². The number of aliphatic imine (C=N–C) groups is 1. The monoisotopic (exact) mass is 189 g/mol. The molecule has 2 rings (SSSR count). The predicted molar refractivity (Wildman–Crippen MR) is 51.4 cm³/mol. The Balaban J connectivity index is 2.13. The highest BCUT2D eigenvalue weighted by atomic mass is 16.3. The van der Waals surface area contributed by atoms with Gasteiger partial charge in [0.05, 0.1) is 12.1 Å². The van der Waals surface area contributed by atoms with E-state index >= 15 is 0 Å². The Labute approximate surface area is 82.1 Å². The van der Waals surface area contributed by atoms with Gasteiger partial charge in [-0.2, -0.15) is 0 Å². The van der Waals surface area contributed by atoms with E-state index in [0.29, 0.717) is 6.54 Å². The molecular formula is C11H11NO2. The Hall–Kier alpha value is -1.44. The van der Waals surface area contributed by atoms with E-state index in [4.69, 9.17) is 0 Å². The maximum atomic E-state index is 9.88. The highest BCUT2D eigenvalue weighted by Crippen LogP contribution is 2.45. The fourth-order valence-electron chi connectivity index (χ4n) is 1.45. The summed E-state index contributed by atoms with van der Waals surface area (Å²) in [5.41, 5.74) is 1.34. The van der Waals surface area contributed by atoms with Crippen molar-refractivity contribution >= 4 is 6.08 Å². The van der Waals surface area contributed by atoms with Gasteiger partial charge in [0.1, 0.15) is 0 Å². The Kier molecular flexibility index (Phi) is 2.20. The van der Waals surface area contributed by atoms with Gasteiger partial charge in [-0.25, -0.2) is 9.79 Å². The van der Waals surface area contributed by atoms with Gasteiger partial charge in [-0.1, -0.05) is 24.3 Å². The molecule has 0 atom stereocenters. The number of carbonyl (C=O) groups excluding carboxylic acids is 1. The molecule has 3 heteroatoms. The topological polar surface area (TPSA) is 49.7 Å². The molecule has 1 aromatic carbocycles. The highest BCUT2D eigenvalue weighted by molar-refractivity contribution is 5.35. The summed E-state index contributed by atoms with van der Waals surface area (Å²) in [6.07, 6.45) is 3.19. The van der Waals surface area contributed by atoms with Crippen LogP contribution in [0.5, 0.6) is 0 Å². The van der Waals surface area contributed by atoms with Crippen molar-refractivity contribution in [1.29, 1.82) is 0 Å². The van der Waals surface area contributed by atoms with Crippen LogP contribution in [0.2, 0.25) is 0 Å². The molecule has 1 aliphatic rings. The predicted octanol–water partition coefficient (Wildman–Crippen LogP) is 1.50. The zero-order chi connectivity index (χ0) is 10.0. The molecule has 3 nitrogen and oxygen atoms in total. The Morgan fingerprint density at radius 1 is 1.36 bits per heavy atom. The van der Waals surface area contributed by atoms with Crippen LogP contribution in [0.4, 0.5) is 0 Å². The summed E-state index contributed by atoms with van der Waals surface area (Å²) in [6.45, 7) is 0.363. The second kappa shape index (κ2) is 3.37. The van der Waals surface area contributed by atoms with Crippen molar-refractivity contribution in [3.63, 3.8) is 0 Å². The lowest BCUT2D eigenvalue weighted by Crippen LogP contribution is -2.03. The minimum absolute atomic E-state index is 0.363. The van der Waals surface area contributed by atoms with Crippen LogP contribution < -0.4 is 0 Å². The maximum Gasteiger partial charge on any atom is 0.235 e. The van der Waals surface area contributed by atoms with Gasteiger partial charge in [-0.15, -0.1) is 0 Å². The zero-order valence-corrected chi connectivity index (χ0v) is 7.73. The van der Waals surface area contributed by atoms with Gasteiger partial charge < -0.3 is 5.11 Å². The van der Waals surface area contributed by atoms with Crippen molar-refractivity contribution in [2.45, 2.75) is 25.0 Å². The molecule has 0 bridgehead atoms. The molecule has 1 fully saturated rings. The Morgan fingerprint density at radius 3 is 2.50 bits per heavy atom. The van der Waals surface area contributed by atoms with Crippen LogP contribution in [0.1, 0.15) is 24.0 Å². The van der Waals surface area contributed by atoms with E-state index in [1.807, 2.05) is 24.3 Å². The number of hydrogen-bond donors (Lipinski definition) is 1. The zero-order valence-electron chi connectivity index (χ0n) is 7.73. The summed E-state index contributed by atoms with van der Waals surface area (Å²) >= 11 is 0. The number of hydrogen-bond acceptors (Lipinski definition) is 3. The van der Waals surface area contributed by atoms with Crippen LogP contribution in [-0.4, -0.2) is 11.2 Å². The first-order valence-corrected chi connectivity index (χ1v) is 4.60. The molecule has 0 spiro atoms. The molecule has 0 amide bonds. The van der Waals surface area contributed by atoms with Gasteiger partial charge in [0.2, 0.25) is 6.08 Å². The maximum absolute atomic E-state index is 9.88. The molecule has 0 unspecified atom stereocenters. The second-order valence-corrected chi connectivity index (χ2v) is 3.64. The van der Waals surface area contributed by atoms with Crippen molar-refractivity contribution in [3.05, 3.63) is 35.4 Å². The summed E-state index contributed by atoms with van der Waals surface area (Å²) < 4.78 is 0. The molecular weight excluding hydrogens is 178 g/mol. The van der Waals surface area contributed by atoms with E-state index in [2.05, 4.69) is 4.99 Å². The Bertz CT molecular complexity index is 373. The van der Waals surface area contributed by atoms with Crippen LogP contribution in [0.25, 0.3) is 0 Å². The standard InChI is InChI=1S/C11H11NO2/c13-8-12-7-9-1-3-10(4-2-9)11(14)5-6-11/h1-4,14H,5-7H2. The van der Waals surface area contributed by atoms with Crippen LogP contribution in [0.15, 0.2) is 29.3 Å². The molecule has 0 aliphatic heterocycles. The van der Waals surface area contributed by atoms with Crippen LogP contribution in [-0.2, 0) is 16.9 Å². The average Bonchev–Trinajstić information content (AvgIpc) is 2.96. The first-order valence-electron chi connectivity index (χ1n) is 4.60. The first-order chi connectivity index (χ1) is 6.74. The molecule has 1 saturated carbocycles. The van der Waals surface area contributed by atoms with Crippen molar-refractivity contribution in [2.75, 3.05) is 0 Å². The van der Waals surface area contributed by atoms with E-state index in [-0.39, 0.29) is 0 Å². The number of nitrogens with zero attached hydrogens (tertiary/aromatic N) is 1. The molecule has 1 aromatic rings. The summed E-state index contributed by atoms with van der Waals surface area (Å²) in [6, 6.07) is 7.55. The fourth-order valence-corrected chi connectivity index (χ4v) is 1.45. The Morgan fingerprint density at radius 2 is 2.00 bits per heavy atom. The normalized spacial score (nSPS) is 17.2. The van der Waals surface area contributed by atoms with Crippen molar-refractivity contribution < 1.29 is 9.90 Å². The summed E-state index contributed by atoms with van der Waals surface area (Å²) in [4.78, 5) is 13.4. The summed E-state index contributed by atoms with van der Waals surface area (Å²) in [5, 5.41) is 9.78. The third-order valence-electron chi connectivity index (χ3n) is 2.54. The van der Waals surface area contributed by atoms with Gasteiger partial charge in [0, 0.05) is 0 Å². The molecule has 0 radical (unpaired) electrons. The molecule has 1 aliphatic carbocycles. The lowest BCUT2D eigenvalue weighted by molar-refractivity contribution is 0.151. The minimum Gasteiger partial charge on any atom is -0.385 e. The quantitative estimate of drug-likeness (QED) is 0.578. The molecule has 1 N–H and O–H groups in total. The van der Waals surface area contributed by atoms with Gasteiger partial charge in [-0.05, 0) is 24.0 Å². The van der Waals surface area contributed by atoms with Crippen LogP contribution in [0, 0.1) is 0 Å². The highest BCUT2D eigenvalue weighted by Gasteiger charge is 2.41. The lowest BCUT2D eigenvalue weighted by Gasteiger charge is -2.07. The number of aliphatic hydroxyl groups is 1. The third-order valence-corrected chi connectivity index (χ3v) is 2.54. The van der Waals surface area contributed by atoms with E-state index in [0.717, 1.165) is 24.0 Å². The SMILES string of the molecule is O=C=NCc1ccc(C2(O)CC2)cc1. The van der Waals surface area contributed by atoms with Crippen LogP contribution >= 0.6 is 0 Å². The lowest BCUT2D eigenvalue weighted by atomic mass is 10.1. The molecule has 0 aromatic heterocycles. The van der Waals surface area contributed by atoms with Crippen LogP contribution in [0.3, 0.4) is 0 Å². The van der Waals surface area contributed by atoms with Gasteiger partial charge in [-0.3, -0.25) is 0 Å². The molecule has 14 heavy (non-hydrogen) atoms. The summed E-state index contributed by atoms with van der Waals surface area (Å²) in [7, 11) is 0. The van der Waals surface area contributed by atoms with Gasteiger partial charge in [0.15, 0.2) is 0 Å². The number of rotatable bonds is 3. The smallest absolute Gasteiger partial charge is 0.235 e. The molecule has 0 heterocycles. The van der Waals surface area contributed by atoms with Gasteiger partial charge in [0.25, 0.3) is 0 Å². The van der Waals surface area contributed by atoms with Crippen molar-refractivity contribution in [3.8, 4) is 0 Å². The molecule has 72 valence electrons. The third kappa shape index (κ3) is 1.74. The largest absolute Gasteiger partial charge is 0.385 e. The average molecular weight is 189 g/mol. The number of isocyanates is 1. The van der Waals surface area contributed by atoms with Crippen molar-refractivity contribution in [1.82, 2.24) is 0 Å². The second-order valence-electron chi connectivity index (χ2n) is 3.64. The van der Waals surface area contributed by atoms with E-state index in [1.54, 1.807) is 0 Å². The van der Waals surface area contributed by atoms with E-state index < -0.39 is 5.60 Å². The van der Waals surface area contributed by atoms with Crippen molar-refractivity contribution in [2.24, 2.45) is 4.99 Å². The summed E-state index contributed by atoms with van der Waals surface area (Å²) in [5.74, 6) is 0. The number of benzene rings is 1. The minimum atomic E-state index is -0.577. The molecule has 0 saturated heterocycles. The fraction of sp³-hybridized carbons (Fsp3) is 0.364. The van der Waals surface area contributed by atoms with Gasteiger partial charge >= 0.3 is 0 Å². The van der Waals surface area contributed by atoms with E-state index in [9.17, 15) is 9.90 Å².